The van der Waals surface area contributed by atoms with Gasteiger partial charge in [0.2, 0.25) is 0 Å². The van der Waals surface area contributed by atoms with Crippen LogP contribution in [0.4, 0.5) is 0 Å². The van der Waals surface area contributed by atoms with Crippen molar-refractivity contribution < 1.29 is 4.42 Å². The molecule has 0 saturated carbocycles. The number of para-hydroxylation sites is 9. The van der Waals surface area contributed by atoms with Crippen LogP contribution in [0.3, 0.4) is 0 Å². The van der Waals surface area contributed by atoms with Gasteiger partial charge in [0, 0.05) is 92.8 Å². The Bertz CT molecular complexity index is 8230. The van der Waals surface area contributed by atoms with Crippen LogP contribution in [0.5, 0.6) is 0 Å². The second-order valence-electron chi connectivity index (χ2n) is 30.6. The molecule has 6 aromatic heterocycles. The lowest BCUT2D eigenvalue weighted by Gasteiger charge is -2.13. The van der Waals surface area contributed by atoms with Gasteiger partial charge in [-0.05, 0) is 189 Å². The highest BCUT2D eigenvalue weighted by atomic mass is 16.3. The molecule has 25 rings (SSSR count). The molecule has 0 aliphatic heterocycles. The summed E-state index contributed by atoms with van der Waals surface area (Å²) >= 11 is 0. The van der Waals surface area contributed by atoms with Gasteiger partial charge in [-0.1, -0.05) is 303 Å². The maximum absolute atomic E-state index is 6.06. The molecule has 0 aliphatic rings. The summed E-state index contributed by atoms with van der Waals surface area (Å²) in [6, 6.07) is 159. The molecule has 0 N–H and O–H groups in total. The van der Waals surface area contributed by atoms with Crippen LogP contribution < -0.4 is 0 Å². The van der Waals surface area contributed by atoms with E-state index in [0.717, 1.165) is 27.6 Å². The first-order valence-corrected chi connectivity index (χ1v) is 40.5. The zero-order valence-corrected chi connectivity index (χ0v) is 64.3. The number of nitrogens with zero attached hydrogens (tertiary/aromatic N) is 5. The normalized spacial score (nSPS) is 11.7. The van der Waals surface area contributed by atoms with Crippen molar-refractivity contribution in [3.8, 4) is 72.9 Å². The van der Waals surface area contributed by atoms with Crippen LogP contribution in [-0.2, 0) is 0 Å². The average Bonchev–Trinajstić information content (AvgIpc) is 1.58. The average molecular weight is 1500 g/mol. The standard InChI is InChI=1S/C40H26N2.C36H24N2.C36H23NO/c1-2-14-29(15-3-1)41-37-21-9-7-18-34(37)40-31(19-11-23-38(40)41)28-24-25-33-32-17-6-8-20-36(32)42(39(33)26-28)35-22-10-13-27-12-4-5-16-30(27)35;1-3-12-26(13-4-1)37-33-20-10-8-17-31(33)36-28(18-11-21-34(36)37)25-22-23-30-29-16-7-9-19-32(29)38(35(30)24-25)27-14-5-2-6-15-27;1-2-9-24(10-3-1)25-11-8-12-28(21-25)37-33-15-6-4-13-29(33)31-22-26(17-19-34(31)37)27-18-20-36-32(23-27)30-14-5-7-16-35(30)38-36/h1-26H;1-24H;1-23H. The molecule has 6 heterocycles. The number of benzene rings is 19. The summed E-state index contributed by atoms with van der Waals surface area (Å²) in [5.41, 5.74) is 29.7. The first kappa shape index (κ1) is 67.9. The minimum Gasteiger partial charge on any atom is -0.456 e. The molecule has 118 heavy (non-hydrogen) atoms. The van der Waals surface area contributed by atoms with E-state index in [-0.39, 0.29) is 0 Å². The lowest BCUT2D eigenvalue weighted by molar-refractivity contribution is 0.669. The molecule has 6 nitrogen and oxygen atoms in total. The largest absolute Gasteiger partial charge is 0.456 e. The van der Waals surface area contributed by atoms with Gasteiger partial charge in [0.15, 0.2) is 0 Å². The van der Waals surface area contributed by atoms with Crippen molar-refractivity contribution in [2.24, 2.45) is 0 Å². The summed E-state index contributed by atoms with van der Waals surface area (Å²) in [7, 11) is 0. The fourth-order valence-electron chi connectivity index (χ4n) is 18.8. The van der Waals surface area contributed by atoms with Gasteiger partial charge >= 0.3 is 0 Å². The summed E-state index contributed by atoms with van der Waals surface area (Å²) in [5.74, 6) is 0. The van der Waals surface area contributed by atoms with Gasteiger partial charge < -0.3 is 27.3 Å². The fourth-order valence-corrected chi connectivity index (χ4v) is 18.8. The molecular formula is C112H73N5O. The van der Waals surface area contributed by atoms with Gasteiger partial charge in [-0.25, -0.2) is 0 Å². The lowest BCUT2D eigenvalue weighted by Crippen LogP contribution is -1.95. The Kier molecular flexibility index (Phi) is 16.2. The van der Waals surface area contributed by atoms with Crippen molar-refractivity contribution >= 4 is 142 Å². The van der Waals surface area contributed by atoms with E-state index in [9.17, 15) is 0 Å². The van der Waals surface area contributed by atoms with E-state index in [1.54, 1.807) is 0 Å². The van der Waals surface area contributed by atoms with Crippen LogP contribution in [0.1, 0.15) is 0 Å². The number of aromatic nitrogens is 5. The molecule has 19 aromatic carbocycles. The topological polar surface area (TPSA) is 37.8 Å². The Balaban J connectivity index is 0.000000104. The lowest BCUT2D eigenvalue weighted by atomic mass is 9.98. The van der Waals surface area contributed by atoms with E-state index in [4.69, 9.17) is 4.42 Å². The van der Waals surface area contributed by atoms with Gasteiger partial charge in [0.05, 0.1) is 60.9 Å². The molecule has 0 unspecified atom stereocenters. The van der Waals surface area contributed by atoms with E-state index >= 15 is 0 Å². The smallest absolute Gasteiger partial charge is 0.135 e. The first-order valence-electron chi connectivity index (χ1n) is 40.5. The number of rotatable bonds is 9. The van der Waals surface area contributed by atoms with Crippen molar-refractivity contribution in [3.63, 3.8) is 0 Å². The van der Waals surface area contributed by atoms with Crippen molar-refractivity contribution in [1.29, 1.82) is 0 Å². The van der Waals surface area contributed by atoms with Gasteiger partial charge in [0.25, 0.3) is 0 Å². The monoisotopic (exact) mass is 1500 g/mol. The summed E-state index contributed by atoms with van der Waals surface area (Å²) in [5, 5.41) is 17.5. The number of hydrogen-bond donors (Lipinski definition) is 0. The van der Waals surface area contributed by atoms with Crippen LogP contribution in [0.25, 0.3) is 215 Å². The van der Waals surface area contributed by atoms with Crippen LogP contribution in [-0.4, -0.2) is 22.8 Å². The minimum atomic E-state index is 0.922. The zero-order valence-electron chi connectivity index (χ0n) is 64.3. The van der Waals surface area contributed by atoms with E-state index in [0.29, 0.717) is 0 Å². The van der Waals surface area contributed by atoms with Crippen LogP contribution in [0, 0.1) is 0 Å². The molecule has 0 fully saturated rings. The highest BCUT2D eigenvalue weighted by Crippen LogP contribution is 2.46. The van der Waals surface area contributed by atoms with Crippen LogP contribution in [0.2, 0.25) is 0 Å². The molecule has 25 aromatic rings. The van der Waals surface area contributed by atoms with Crippen LogP contribution in [0.15, 0.2) is 447 Å². The minimum absolute atomic E-state index is 0.922. The molecular weight excluding hydrogens is 1430 g/mol. The second-order valence-corrected chi connectivity index (χ2v) is 30.6. The van der Waals surface area contributed by atoms with Gasteiger partial charge in [-0.2, -0.15) is 0 Å². The summed E-state index contributed by atoms with van der Waals surface area (Å²) in [6.45, 7) is 0. The van der Waals surface area contributed by atoms with Crippen molar-refractivity contribution in [3.05, 3.63) is 443 Å². The highest BCUT2D eigenvalue weighted by molar-refractivity contribution is 6.20. The Labute approximate surface area is 680 Å². The Hall–Kier alpha value is -15.8. The third-order valence-electron chi connectivity index (χ3n) is 24.0. The van der Waals surface area contributed by atoms with Gasteiger partial charge in [-0.3, -0.25) is 0 Å². The molecule has 0 amide bonds. The third kappa shape index (κ3) is 11.2. The molecule has 0 atom stereocenters. The van der Waals surface area contributed by atoms with Crippen molar-refractivity contribution in [2.45, 2.75) is 0 Å². The quantitative estimate of drug-likeness (QED) is 0.142. The molecule has 0 radical (unpaired) electrons. The molecule has 0 aliphatic carbocycles. The van der Waals surface area contributed by atoms with Gasteiger partial charge in [-0.15, -0.1) is 0 Å². The fraction of sp³-hybridized carbons (Fsp3) is 0. The predicted molar refractivity (Wildman–Crippen MR) is 498 cm³/mol. The Morgan fingerprint density at radius 2 is 0.492 bits per heavy atom. The Morgan fingerprint density at radius 3 is 1.06 bits per heavy atom. The molecule has 552 valence electrons. The molecule has 6 heteroatoms. The number of fused-ring (bicyclic) bond motifs is 19. The summed E-state index contributed by atoms with van der Waals surface area (Å²) < 4.78 is 18.1. The number of hydrogen-bond acceptors (Lipinski definition) is 1. The maximum atomic E-state index is 6.06. The van der Waals surface area contributed by atoms with Crippen LogP contribution >= 0.6 is 0 Å². The van der Waals surface area contributed by atoms with Gasteiger partial charge in [0.1, 0.15) is 11.2 Å². The molecule has 0 saturated heterocycles. The van der Waals surface area contributed by atoms with E-state index < -0.39 is 0 Å². The maximum Gasteiger partial charge on any atom is 0.135 e. The van der Waals surface area contributed by atoms with E-state index in [1.807, 2.05) is 12.1 Å². The Morgan fingerprint density at radius 1 is 0.153 bits per heavy atom. The number of furan rings is 1. The molecule has 0 spiro atoms. The predicted octanol–water partition coefficient (Wildman–Crippen LogP) is 30.3. The third-order valence-corrected chi connectivity index (χ3v) is 24.0. The summed E-state index contributed by atoms with van der Waals surface area (Å²) in [6.07, 6.45) is 0. The van der Waals surface area contributed by atoms with E-state index in [2.05, 4.69) is 454 Å². The second kappa shape index (κ2) is 28.1. The highest BCUT2D eigenvalue weighted by Gasteiger charge is 2.23. The van der Waals surface area contributed by atoms with Crippen molar-refractivity contribution in [1.82, 2.24) is 22.8 Å². The first-order chi connectivity index (χ1) is 58.6. The molecule has 0 bridgehead atoms. The van der Waals surface area contributed by atoms with Crippen molar-refractivity contribution in [2.75, 3.05) is 0 Å². The zero-order chi connectivity index (χ0) is 77.7. The van der Waals surface area contributed by atoms with E-state index in [1.165, 1.54) is 187 Å². The SMILES string of the molecule is c1ccc(-c2cccc(-n3c4ccccc4c4cc(-c5ccc6oc7ccccc7c6c5)ccc43)c2)cc1.c1ccc(-n2c3ccccc3c3c(-c4ccc5c6ccccc6n(-c6cccc7ccccc67)c5c4)cccc32)cc1.c1ccc(-n2c3ccccc3c3ccc(-c4cccc5c4c4ccccc4n5-c4ccccc4)cc32)cc1. The summed E-state index contributed by atoms with van der Waals surface area (Å²) in [4.78, 5) is 0.